The first-order chi connectivity index (χ1) is 10.5. The summed E-state index contributed by atoms with van der Waals surface area (Å²) in [4.78, 5) is 14.2. The third-order valence-corrected chi connectivity index (χ3v) is 4.02. The van der Waals surface area contributed by atoms with Crippen LogP contribution in [0.3, 0.4) is 0 Å². The molecule has 0 spiro atoms. The molecule has 122 valence electrons. The number of nitrogens with one attached hydrogen (secondary N) is 1. The van der Waals surface area contributed by atoms with Crippen LogP contribution in [0.1, 0.15) is 24.2 Å². The summed E-state index contributed by atoms with van der Waals surface area (Å²) < 4.78 is 18.7. The van der Waals surface area contributed by atoms with Crippen LogP contribution in [0.4, 0.5) is 4.39 Å². The topological polar surface area (TPSA) is 61.8 Å². The second kappa shape index (κ2) is 7.67. The molecule has 6 heteroatoms. The molecule has 1 aromatic rings. The average molecular weight is 310 g/mol. The van der Waals surface area contributed by atoms with Gasteiger partial charge in [0.25, 0.3) is 5.91 Å². The van der Waals surface area contributed by atoms with Crippen molar-refractivity contribution in [2.24, 2.45) is 0 Å². The lowest BCUT2D eigenvalue weighted by atomic mass is 10.1. The number of rotatable bonds is 6. The number of carbonyl (C=O) groups is 1. The third kappa shape index (κ3) is 4.03. The lowest BCUT2D eigenvalue weighted by Gasteiger charge is -2.24. The van der Waals surface area contributed by atoms with Crippen molar-refractivity contribution in [2.45, 2.75) is 32.1 Å². The fourth-order valence-electron chi connectivity index (χ4n) is 2.59. The first-order valence-corrected chi connectivity index (χ1v) is 7.63. The van der Waals surface area contributed by atoms with Gasteiger partial charge in [-0.3, -0.25) is 4.79 Å². The van der Waals surface area contributed by atoms with Crippen molar-refractivity contribution in [3.05, 3.63) is 35.6 Å². The summed E-state index contributed by atoms with van der Waals surface area (Å²) in [5.74, 6) is -0.870. The van der Waals surface area contributed by atoms with Gasteiger partial charge in [-0.1, -0.05) is 19.9 Å². The van der Waals surface area contributed by atoms with E-state index in [4.69, 9.17) is 4.74 Å². The molecule has 2 N–H and O–H groups in total. The predicted molar refractivity (Wildman–Crippen MR) is 81.2 cm³/mol. The molecule has 1 amide bonds. The van der Waals surface area contributed by atoms with Crippen LogP contribution in [0.15, 0.2) is 24.3 Å². The highest BCUT2D eigenvalue weighted by atomic mass is 19.1. The molecular formula is C16H23FN2O3. The molecule has 3 atom stereocenters. The summed E-state index contributed by atoms with van der Waals surface area (Å²) in [5.41, 5.74) is 0.236. The van der Waals surface area contributed by atoms with Gasteiger partial charge in [0.1, 0.15) is 11.9 Å². The van der Waals surface area contributed by atoms with E-state index in [0.29, 0.717) is 6.54 Å². The van der Waals surface area contributed by atoms with Gasteiger partial charge >= 0.3 is 0 Å². The predicted octanol–water partition coefficient (Wildman–Crippen LogP) is 1.03. The van der Waals surface area contributed by atoms with E-state index < -0.39 is 23.9 Å². The first-order valence-electron chi connectivity index (χ1n) is 7.63. The smallest absolute Gasteiger partial charge is 0.251 e. The summed E-state index contributed by atoms with van der Waals surface area (Å²) in [7, 11) is 0. The van der Waals surface area contributed by atoms with E-state index in [2.05, 4.69) is 10.2 Å². The number of benzene rings is 1. The Hall–Kier alpha value is -1.50. The minimum Gasteiger partial charge on any atom is -0.388 e. The minimum absolute atomic E-state index is 0.236. The van der Waals surface area contributed by atoms with Crippen LogP contribution in [-0.4, -0.2) is 60.4 Å². The maximum Gasteiger partial charge on any atom is 0.251 e. The number of carbonyl (C=O) groups excluding carboxylic acids is 1. The van der Waals surface area contributed by atoms with Crippen LogP contribution in [0, 0.1) is 5.82 Å². The zero-order valence-corrected chi connectivity index (χ0v) is 13.0. The van der Waals surface area contributed by atoms with Gasteiger partial charge in [0.15, 0.2) is 0 Å². The SMILES string of the molecule is CCN(CC)C[C@@H]1OC[C@@H](NC(=O)c2cccc(F)c2)[C@H]1O. The first kappa shape index (κ1) is 16.9. The molecule has 0 bridgehead atoms. The number of nitrogens with zero attached hydrogens (tertiary/aromatic N) is 1. The van der Waals surface area contributed by atoms with Crippen LogP contribution >= 0.6 is 0 Å². The summed E-state index contributed by atoms with van der Waals surface area (Å²) >= 11 is 0. The summed E-state index contributed by atoms with van der Waals surface area (Å²) in [6, 6.07) is 4.99. The van der Waals surface area contributed by atoms with Gasteiger partial charge in [-0.05, 0) is 31.3 Å². The molecule has 1 fully saturated rings. The number of amides is 1. The standard InChI is InChI=1S/C16H23FN2O3/c1-3-19(4-2)9-14-15(20)13(10-22-14)18-16(21)11-6-5-7-12(17)8-11/h5-8,13-15,20H,3-4,9-10H2,1-2H3,(H,18,21)/t13-,14+,15-/m1/s1. The molecule has 1 aliphatic rings. The Kier molecular flexibility index (Phi) is 5.88. The second-order valence-electron chi connectivity index (χ2n) is 5.44. The van der Waals surface area contributed by atoms with Gasteiger partial charge in [-0.15, -0.1) is 0 Å². The highest BCUT2D eigenvalue weighted by Crippen LogP contribution is 2.16. The quantitative estimate of drug-likeness (QED) is 0.824. The van der Waals surface area contributed by atoms with Gasteiger partial charge in [-0.25, -0.2) is 4.39 Å². The zero-order valence-electron chi connectivity index (χ0n) is 13.0. The average Bonchev–Trinajstić information content (AvgIpc) is 2.85. The Morgan fingerprint density at radius 1 is 1.45 bits per heavy atom. The number of likely N-dealkylation sites (N-methyl/N-ethyl adjacent to an activating group) is 1. The molecule has 0 radical (unpaired) electrons. The second-order valence-corrected chi connectivity index (χ2v) is 5.44. The number of aliphatic hydroxyl groups is 1. The molecular weight excluding hydrogens is 287 g/mol. The molecule has 1 aliphatic heterocycles. The Morgan fingerprint density at radius 2 is 2.18 bits per heavy atom. The molecule has 1 saturated heterocycles. The van der Waals surface area contributed by atoms with Gasteiger partial charge in [0.2, 0.25) is 0 Å². The monoisotopic (exact) mass is 310 g/mol. The molecule has 0 saturated carbocycles. The Morgan fingerprint density at radius 3 is 2.82 bits per heavy atom. The van der Waals surface area contributed by atoms with E-state index in [1.54, 1.807) is 0 Å². The third-order valence-electron chi connectivity index (χ3n) is 4.02. The Balaban J connectivity index is 1.93. The number of hydrogen-bond donors (Lipinski definition) is 2. The van der Waals surface area contributed by atoms with Gasteiger partial charge < -0.3 is 20.1 Å². The van der Waals surface area contributed by atoms with E-state index in [9.17, 15) is 14.3 Å². The van der Waals surface area contributed by atoms with Gasteiger partial charge in [-0.2, -0.15) is 0 Å². The van der Waals surface area contributed by atoms with Gasteiger partial charge in [0.05, 0.1) is 18.8 Å². The molecule has 2 rings (SSSR count). The number of ether oxygens (including phenoxy) is 1. The Bertz CT molecular complexity index is 508. The van der Waals surface area contributed by atoms with Gasteiger partial charge in [0, 0.05) is 12.1 Å². The van der Waals surface area contributed by atoms with Crippen LogP contribution in [0.25, 0.3) is 0 Å². The van der Waals surface area contributed by atoms with Crippen molar-refractivity contribution >= 4 is 5.91 Å². The summed E-state index contributed by atoms with van der Waals surface area (Å²) in [6.45, 7) is 6.74. The van der Waals surface area contributed by atoms with Crippen molar-refractivity contribution in [3.63, 3.8) is 0 Å². The minimum atomic E-state index is -0.766. The van der Waals surface area contributed by atoms with Crippen molar-refractivity contribution < 1.29 is 19.0 Å². The lowest BCUT2D eigenvalue weighted by Crippen LogP contribution is -2.46. The largest absolute Gasteiger partial charge is 0.388 e. The summed E-state index contributed by atoms with van der Waals surface area (Å²) in [5, 5.41) is 13.0. The highest BCUT2D eigenvalue weighted by molar-refractivity contribution is 5.94. The van der Waals surface area contributed by atoms with Crippen molar-refractivity contribution in [1.82, 2.24) is 10.2 Å². The maximum absolute atomic E-state index is 13.1. The molecule has 0 aliphatic carbocycles. The highest BCUT2D eigenvalue weighted by Gasteiger charge is 2.37. The zero-order chi connectivity index (χ0) is 16.1. The lowest BCUT2D eigenvalue weighted by molar-refractivity contribution is 0.0171. The summed E-state index contributed by atoms with van der Waals surface area (Å²) in [6.07, 6.45) is -1.09. The molecule has 22 heavy (non-hydrogen) atoms. The fraction of sp³-hybridized carbons (Fsp3) is 0.562. The molecule has 5 nitrogen and oxygen atoms in total. The molecule has 0 unspecified atom stereocenters. The van der Waals surface area contributed by atoms with Crippen molar-refractivity contribution in [1.29, 1.82) is 0 Å². The maximum atomic E-state index is 13.1. The number of hydrogen-bond acceptors (Lipinski definition) is 4. The number of aliphatic hydroxyl groups excluding tert-OH is 1. The van der Waals surface area contributed by atoms with E-state index in [1.165, 1.54) is 24.3 Å². The normalized spacial score (nSPS) is 24.7. The van der Waals surface area contributed by atoms with E-state index in [-0.39, 0.29) is 18.3 Å². The van der Waals surface area contributed by atoms with Crippen LogP contribution in [0.2, 0.25) is 0 Å². The Labute approximate surface area is 130 Å². The molecule has 1 heterocycles. The van der Waals surface area contributed by atoms with E-state index in [1.807, 2.05) is 13.8 Å². The number of halogens is 1. The van der Waals surface area contributed by atoms with Crippen LogP contribution < -0.4 is 5.32 Å². The molecule has 0 aromatic heterocycles. The van der Waals surface area contributed by atoms with E-state index in [0.717, 1.165) is 13.1 Å². The molecule has 1 aromatic carbocycles. The van der Waals surface area contributed by atoms with E-state index >= 15 is 0 Å². The fourth-order valence-corrected chi connectivity index (χ4v) is 2.59. The van der Waals surface area contributed by atoms with Crippen LogP contribution in [0.5, 0.6) is 0 Å². The van der Waals surface area contributed by atoms with Crippen LogP contribution in [-0.2, 0) is 4.74 Å². The van der Waals surface area contributed by atoms with Crippen molar-refractivity contribution in [2.75, 3.05) is 26.2 Å². The van der Waals surface area contributed by atoms with Crippen molar-refractivity contribution in [3.8, 4) is 0 Å².